The van der Waals surface area contributed by atoms with E-state index < -0.39 is 30.2 Å². The van der Waals surface area contributed by atoms with Gasteiger partial charge in [0.2, 0.25) is 0 Å². The molecule has 0 fully saturated rings. The van der Waals surface area contributed by atoms with Gasteiger partial charge in [0.15, 0.2) is 5.78 Å². The van der Waals surface area contributed by atoms with Crippen LogP contribution in [-0.2, 0) is 19.1 Å². The van der Waals surface area contributed by atoms with Crippen molar-refractivity contribution in [2.45, 2.75) is 0 Å². The molecule has 0 spiro atoms. The van der Waals surface area contributed by atoms with E-state index in [-0.39, 0.29) is 18.7 Å². The molecule has 31 heavy (non-hydrogen) atoms. The van der Waals surface area contributed by atoms with Crippen molar-refractivity contribution in [3.05, 3.63) is 70.8 Å². The Kier molecular flexibility index (Phi) is 6.94. The molecule has 2 amide bonds. The minimum absolute atomic E-state index is 0.00458. The van der Waals surface area contributed by atoms with Crippen LogP contribution in [0, 0.1) is 0 Å². The molecule has 160 valence electrons. The highest BCUT2D eigenvalue weighted by atomic mass is 16.5. The average Bonchev–Trinajstić information content (AvgIpc) is 3.04. The predicted octanol–water partition coefficient (Wildman–Crippen LogP) is 2.13. The number of imide groups is 1. The number of hydrogen-bond donors (Lipinski definition) is 0. The normalized spacial score (nSPS) is 13.2. The van der Waals surface area contributed by atoms with Gasteiger partial charge in [0, 0.05) is 0 Å². The van der Waals surface area contributed by atoms with E-state index >= 15 is 0 Å². The molecule has 2 aromatic rings. The van der Waals surface area contributed by atoms with Crippen LogP contribution in [0.4, 0.5) is 0 Å². The molecule has 8 nitrogen and oxygen atoms in total. The maximum atomic E-state index is 12.5. The number of carbonyl (C=O) groups is 4. The first-order valence-electron chi connectivity index (χ1n) is 9.46. The van der Waals surface area contributed by atoms with E-state index in [1.54, 1.807) is 48.5 Å². The van der Waals surface area contributed by atoms with E-state index in [0.717, 1.165) is 4.90 Å². The molecule has 0 saturated heterocycles. The molecule has 0 aromatic heterocycles. The van der Waals surface area contributed by atoms with Crippen LogP contribution < -0.4 is 4.74 Å². The Morgan fingerprint density at radius 1 is 0.935 bits per heavy atom. The van der Waals surface area contributed by atoms with E-state index in [4.69, 9.17) is 14.2 Å². The lowest BCUT2D eigenvalue weighted by Gasteiger charge is -2.13. The molecule has 0 bridgehead atoms. The van der Waals surface area contributed by atoms with Gasteiger partial charge in [-0.05, 0) is 35.9 Å². The highest BCUT2D eigenvalue weighted by Gasteiger charge is 2.34. The van der Waals surface area contributed by atoms with Gasteiger partial charge in [-0.1, -0.05) is 24.3 Å². The molecular weight excluding hydrogens is 402 g/mol. The van der Waals surface area contributed by atoms with Gasteiger partial charge in [0.1, 0.15) is 17.9 Å². The number of methoxy groups -OCH3 is 2. The van der Waals surface area contributed by atoms with Gasteiger partial charge in [-0.25, -0.2) is 4.79 Å². The first-order chi connectivity index (χ1) is 15.0. The number of ketones is 1. The summed E-state index contributed by atoms with van der Waals surface area (Å²) in [6, 6.07) is 13.3. The van der Waals surface area contributed by atoms with Gasteiger partial charge in [0.05, 0.1) is 38.5 Å². The van der Waals surface area contributed by atoms with Crippen molar-refractivity contribution in [1.29, 1.82) is 0 Å². The molecule has 0 atom stereocenters. The fraction of sp³-hybridized carbons (Fsp3) is 0.217. The molecule has 1 heterocycles. The second kappa shape index (κ2) is 9.82. The Labute approximate surface area is 179 Å². The summed E-state index contributed by atoms with van der Waals surface area (Å²) in [5.74, 6) is -1.52. The lowest BCUT2D eigenvalue weighted by Crippen LogP contribution is -2.33. The highest BCUT2D eigenvalue weighted by molar-refractivity contribution is 6.22. The fourth-order valence-corrected chi connectivity index (χ4v) is 3.07. The molecule has 2 aromatic carbocycles. The Morgan fingerprint density at radius 2 is 1.55 bits per heavy atom. The van der Waals surface area contributed by atoms with Crippen LogP contribution in [0.15, 0.2) is 54.1 Å². The smallest absolute Gasteiger partial charge is 0.341 e. The number of fused-ring (bicyclic) bond motifs is 1. The summed E-state index contributed by atoms with van der Waals surface area (Å²) in [5.41, 5.74) is 1.13. The quantitative estimate of drug-likeness (QED) is 0.152. The zero-order chi connectivity index (χ0) is 22.4. The molecule has 8 heteroatoms. The topological polar surface area (TPSA) is 99.2 Å². The van der Waals surface area contributed by atoms with Crippen molar-refractivity contribution in [3.8, 4) is 5.75 Å². The predicted molar refractivity (Wildman–Crippen MR) is 111 cm³/mol. The lowest BCUT2D eigenvalue weighted by molar-refractivity contribution is -0.138. The van der Waals surface area contributed by atoms with Crippen molar-refractivity contribution < 1.29 is 33.4 Å². The van der Waals surface area contributed by atoms with Crippen molar-refractivity contribution in [2.75, 3.05) is 34.0 Å². The third-order valence-corrected chi connectivity index (χ3v) is 4.70. The van der Waals surface area contributed by atoms with Gasteiger partial charge in [-0.2, -0.15) is 0 Å². The van der Waals surface area contributed by atoms with Crippen molar-refractivity contribution >= 4 is 29.6 Å². The van der Waals surface area contributed by atoms with Crippen molar-refractivity contribution in [2.24, 2.45) is 0 Å². The number of nitrogens with zero attached hydrogens (tertiary/aromatic N) is 1. The van der Waals surface area contributed by atoms with Gasteiger partial charge in [-0.3, -0.25) is 19.3 Å². The van der Waals surface area contributed by atoms with Crippen LogP contribution in [0.1, 0.15) is 26.3 Å². The molecule has 0 saturated carbocycles. The third kappa shape index (κ3) is 4.87. The molecule has 0 unspecified atom stereocenters. The van der Waals surface area contributed by atoms with Crippen LogP contribution in [0.5, 0.6) is 5.75 Å². The first-order valence-corrected chi connectivity index (χ1v) is 9.46. The molecule has 3 rings (SSSR count). The van der Waals surface area contributed by atoms with Crippen molar-refractivity contribution in [1.82, 2.24) is 4.90 Å². The van der Waals surface area contributed by atoms with E-state index in [1.807, 2.05) is 0 Å². The van der Waals surface area contributed by atoms with E-state index in [9.17, 15) is 19.2 Å². The maximum absolute atomic E-state index is 12.5. The van der Waals surface area contributed by atoms with Crippen LogP contribution in [0.2, 0.25) is 0 Å². The summed E-state index contributed by atoms with van der Waals surface area (Å²) >= 11 is 0. The summed E-state index contributed by atoms with van der Waals surface area (Å²) in [5, 5.41) is 0. The number of esters is 1. The fourth-order valence-electron chi connectivity index (χ4n) is 3.07. The Hall–Kier alpha value is -3.78. The van der Waals surface area contributed by atoms with E-state index in [1.165, 1.54) is 20.3 Å². The summed E-state index contributed by atoms with van der Waals surface area (Å²) in [6.07, 6.45) is 1.40. The van der Waals surface area contributed by atoms with Crippen LogP contribution >= 0.6 is 0 Å². The van der Waals surface area contributed by atoms with Crippen LogP contribution in [0.25, 0.3) is 6.08 Å². The summed E-state index contributed by atoms with van der Waals surface area (Å²) in [7, 11) is 2.72. The minimum Gasteiger partial charge on any atom is -0.497 e. The highest BCUT2D eigenvalue weighted by Crippen LogP contribution is 2.22. The van der Waals surface area contributed by atoms with Crippen LogP contribution in [0.3, 0.4) is 0 Å². The Bertz CT molecular complexity index is 1010. The number of benzene rings is 2. The Morgan fingerprint density at radius 3 is 2.10 bits per heavy atom. The summed E-state index contributed by atoms with van der Waals surface area (Å²) in [6.45, 7) is -0.455. The second-order valence-electron chi connectivity index (χ2n) is 6.61. The third-order valence-electron chi connectivity index (χ3n) is 4.70. The number of carbonyl (C=O) groups excluding carboxylic acids is 4. The molecule has 0 N–H and O–H groups in total. The molecule has 0 aliphatic carbocycles. The standard InChI is InChI=1S/C23H21NO7/c1-29-16-9-7-15(8-10-16)13-19(23(28)30-2)20(25)14-31-12-11-24-21(26)17-5-3-4-6-18(17)22(24)27/h3-10,13H,11-12,14H2,1-2H3/b19-13-. The zero-order valence-electron chi connectivity index (χ0n) is 17.1. The van der Waals surface area contributed by atoms with Gasteiger partial charge < -0.3 is 14.2 Å². The number of ether oxygens (including phenoxy) is 3. The maximum Gasteiger partial charge on any atom is 0.341 e. The zero-order valence-corrected chi connectivity index (χ0v) is 17.1. The number of Topliss-reactive ketones (excluding diaryl/α,β-unsaturated/α-hetero) is 1. The number of amides is 2. The minimum atomic E-state index is -0.787. The number of hydrogen-bond acceptors (Lipinski definition) is 7. The molecule has 1 aliphatic heterocycles. The largest absolute Gasteiger partial charge is 0.497 e. The molecular formula is C23H21NO7. The molecule has 1 aliphatic rings. The van der Waals surface area contributed by atoms with Crippen LogP contribution in [-0.4, -0.2) is 62.4 Å². The second-order valence-corrected chi connectivity index (χ2v) is 6.61. The van der Waals surface area contributed by atoms with Gasteiger partial charge in [-0.15, -0.1) is 0 Å². The summed E-state index contributed by atoms with van der Waals surface area (Å²) < 4.78 is 15.1. The van der Waals surface area contributed by atoms with E-state index in [0.29, 0.717) is 22.4 Å². The van der Waals surface area contributed by atoms with E-state index in [2.05, 4.69) is 0 Å². The number of rotatable bonds is 9. The lowest BCUT2D eigenvalue weighted by atomic mass is 10.1. The van der Waals surface area contributed by atoms with Gasteiger partial charge >= 0.3 is 5.97 Å². The Balaban J connectivity index is 1.59. The molecule has 0 radical (unpaired) electrons. The first kappa shape index (κ1) is 21.9. The van der Waals surface area contributed by atoms with Gasteiger partial charge in [0.25, 0.3) is 11.8 Å². The van der Waals surface area contributed by atoms with Crippen molar-refractivity contribution in [3.63, 3.8) is 0 Å². The monoisotopic (exact) mass is 423 g/mol. The average molecular weight is 423 g/mol. The summed E-state index contributed by atoms with van der Waals surface area (Å²) in [4.78, 5) is 50.3. The SMILES string of the molecule is COC(=O)/C(=C\c1ccc(OC)cc1)C(=O)COCCN1C(=O)c2ccccc2C1=O.